The highest BCUT2D eigenvalue weighted by atomic mass is 16.4. The first-order chi connectivity index (χ1) is 12.0. The van der Waals surface area contributed by atoms with Crippen LogP contribution < -0.4 is 10.6 Å². The molecule has 0 bridgehead atoms. The van der Waals surface area contributed by atoms with Gasteiger partial charge in [-0.1, -0.05) is 37.5 Å². The van der Waals surface area contributed by atoms with Crippen molar-refractivity contribution in [3.8, 4) is 0 Å². The Morgan fingerprint density at radius 2 is 1.92 bits per heavy atom. The lowest BCUT2D eigenvalue weighted by molar-refractivity contribution is -0.140. The van der Waals surface area contributed by atoms with E-state index in [1.54, 1.807) is 12.1 Å². The second-order valence-corrected chi connectivity index (χ2v) is 7.23. The van der Waals surface area contributed by atoms with Crippen LogP contribution in [0.4, 0.5) is 0 Å². The van der Waals surface area contributed by atoms with Gasteiger partial charge in [-0.25, -0.2) is 0 Å². The molecule has 25 heavy (non-hydrogen) atoms. The summed E-state index contributed by atoms with van der Waals surface area (Å²) in [6.07, 6.45) is 5.08. The Balaban J connectivity index is 1.59. The number of benzene rings is 1. The highest BCUT2D eigenvalue weighted by Gasteiger charge is 2.35. The number of carboxylic acids is 1. The Hall–Kier alpha value is -2.37. The smallest absolute Gasteiger partial charge is 0.303 e. The Kier molecular flexibility index (Phi) is 5.06. The quantitative estimate of drug-likeness (QED) is 0.738. The number of fused-ring (bicyclic) bond motifs is 1. The molecular weight excluding hydrogens is 320 g/mol. The van der Waals surface area contributed by atoms with Crippen LogP contribution in [0.2, 0.25) is 0 Å². The first-order valence-corrected chi connectivity index (χ1v) is 8.87. The van der Waals surface area contributed by atoms with E-state index in [4.69, 9.17) is 0 Å². The van der Waals surface area contributed by atoms with Gasteiger partial charge in [-0.2, -0.15) is 0 Å². The molecule has 1 saturated carbocycles. The molecule has 2 aliphatic rings. The Bertz CT molecular complexity index is 680. The minimum Gasteiger partial charge on any atom is -0.481 e. The van der Waals surface area contributed by atoms with Crippen molar-refractivity contribution in [2.24, 2.45) is 5.41 Å². The molecule has 1 atom stereocenters. The minimum atomic E-state index is -0.812. The zero-order chi connectivity index (χ0) is 17.9. The van der Waals surface area contributed by atoms with Gasteiger partial charge in [-0.15, -0.1) is 0 Å². The molecule has 0 spiro atoms. The molecule has 1 heterocycles. The van der Waals surface area contributed by atoms with Crippen LogP contribution in [0, 0.1) is 5.41 Å². The van der Waals surface area contributed by atoms with Crippen LogP contribution in [-0.4, -0.2) is 29.4 Å². The molecule has 0 aromatic heterocycles. The summed E-state index contributed by atoms with van der Waals surface area (Å²) in [5.41, 5.74) is 1.13. The monoisotopic (exact) mass is 344 g/mol. The van der Waals surface area contributed by atoms with E-state index in [0.29, 0.717) is 12.1 Å². The molecule has 3 rings (SSSR count). The van der Waals surface area contributed by atoms with Crippen LogP contribution in [-0.2, 0) is 9.59 Å². The van der Waals surface area contributed by atoms with Crippen molar-refractivity contribution in [3.63, 3.8) is 0 Å². The zero-order valence-electron chi connectivity index (χ0n) is 14.2. The van der Waals surface area contributed by atoms with Crippen LogP contribution in [0.5, 0.6) is 0 Å². The summed E-state index contributed by atoms with van der Waals surface area (Å²) in [5.74, 6) is -1.12. The van der Waals surface area contributed by atoms with Crippen LogP contribution in [0.25, 0.3) is 0 Å². The van der Waals surface area contributed by atoms with Gasteiger partial charge in [0.25, 0.3) is 5.91 Å². The highest BCUT2D eigenvalue weighted by Crippen LogP contribution is 2.39. The molecule has 1 aromatic rings. The van der Waals surface area contributed by atoms with Gasteiger partial charge in [0.15, 0.2) is 0 Å². The number of carbonyl (C=O) groups is 3. The zero-order valence-corrected chi connectivity index (χ0v) is 14.2. The average Bonchev–Trinajstić information content (AvgIpc) is 2.90. The van der Waals surface area contributed by atoms with Crippen LogP contribution in [0.15, 0.2) is 24.3 Å². The predicted octanol–water partition coefficient (Wildman–Crippen LogP) is 2.40. The van der Waals surface area contributed by atoms with E-state index >= 15 is 0 Å². The fourth-order valence-corrected chi connectivity index (χ4v) is 4.06. The van der Waals surface area contributed by atoms with Gasteiger partial charge in [-0.3, -0.25) is 14.4 Å². The molecule has 0 saturated heterocycles. The summed E-state index contributed by atoms with van der Waals surface area (Å²) in [7, 11) is 0. The SMILES string of the molecule is O=C(O)CC1(CNC(=O)C[C@@H]2NC(=O)c3ccccc32)CCCCC1. The lowest BCUT2D eigenvalue weighted by atomic mass is 9.71. The summed E-state index contributed by atoms with van der Waals surface area (Å²) < 4.78 is 0. The summed E-state index contributed by atoms with van der Waals surface area (Å²) in [4.78, 5) is 35.5. The van der Waals surface area contributed by atoms with E-state index < -0.39 is 5.97 Å². The van der Waals surface area contributed by atoms with Crippen LogP contribution in [0.1, 0.15) is 66.9 Å². The normalized spacial score (nSPS) is 21.3. The molecule has 0 radical (unpaired) electrons. The third kappa shape index (κ3) is 4.00. The average molecular weight is 344 g/mol. The number of nitrogens with one attached hydrogen (secondary N) is 2. The maximum absolute atomic E-state index is 12.4. The number of aliphatic carboxylic acids is 1. The predicted molar refractivity (Wildman–Crippen MR) is 92.0 cm³/mol. The van der Waals surface area contributed by atoms with E-state index in [1.807, 2.05) is 12.1 Å². The van der Waals surface area contributed by atoms with Crippen molar-refractivity contribution in [2.45, 2.75) is 51.0 Å². The molecule has 1 aromatic carbocycles. The van der Waals surface area contributed by atoms with E-state index in [-0.39, 0.29) is 36.1 Å². The number of hydrogen-bond acceptors (Lipinski definition) is 3. The molecule has 6 heteroatoms. The summed E-state index contributed by atoms with van der Waals surface area (Å²) in [6, 6.07) is 6.96. The van der Waals surface area contributed by atoms with Crippen molar-refractivity contribution >= 4 is 17.8 Å². The summed E-state index contributed by atoms with van der Waals surface area (Å²) >= 11 is 0. The van der Waals surface area contributed by atoms with E-state index in [2.05, 4.69) is 10.6 Å². The third-order valence-corrected chi connectivity index (χ3v) is 5.38. The van der Waals surface area contributed by atoms with E-state index in [9.17, 15) is 19.5 Å². The maximum Gasteiger partial charge on any atom is 0.303 e. The van der Waals surface area contributed by atoms with Gasteiger partial charge in [0.05, 0.1) is 18.9 Å². The Morgan fingerprint density at radius 1 is 1.20 bits per heavy atom. The largest absolute Gasteiger partial charge is 0.481 e. The second kappa shape index (κ2) is 7.25. The molecule has 6 nitrogen and oxygen atoms in total. The highest BCUT2D eigenvalue weighted by molar-refractivity contribution is 5.99. The molecule has 1 aliphatic carbocycles. The maximum atomic E-state index is 12.4. The number of amides is 2. The number of rotatable bonds is 6. The third-order valence-electron chi connectivity index (χ3n) is 5.38. The van der Waals surface area contributed by atoms with Crippen LogP contribution >= 0.6 is 0 Å². The molecule has 1 fully saturated rings. The fraction of sp³-hybridized carbons (Fsp3) is 0.526. The van der Waals surface area contributed by atoms with Crippen LogP contribution in [0.3, 0.4) is 0 Å². The van der Waals surface area contributed by atoms with Crippen molar-refractivity contribution < 1.29 is 19.5 Å². The molecular formula is C19H24N2O4. The van der Waals surface area contributed by atoms with Crippen molar-refractivity contribution in [1.82, 2.24) is 10.6 Å². The Labute approximate surface area is 147 Å². The molecule has 2 amide bonds. The molecule has 0 unspecified atom stereocenters. The lowest BCUT2D eigenvalue weighted by Gasteiger charge is -2.36. The first kappa shape index (κ1) is 17.5. The molecule has 1 aliphatic heterocycles. The van der Waals surface area contributed by atoms with E-state index in [0.717, 1.165) is 37.7 Å². The van der Waals surface area contributed by atoms with Crippen molar-refractivity contribution in [2.75, 3.05) is 6.54 Å². The molecule has 134 valence electrons. The minimum absolute atomic E-state index is 0.0935. The standard InChI is InChI=1S/C19H24N2O4/c22-16(10-15-13-6-2-3-7-14(13)18(25)21-15)20-12-19(11-17(23)24)8-4-1-5-9-19/h2-3,6-7,15H,1,4-5,8-12H2,(H,20,22)(H,21,25)(H,23,24)/t15-/m0/s1. The van der Waals surface area contributed by atoms with Gasteiger partial charge in [0, 0.05) is 12.1 Å². The van der Waals surface area contributed by atoms with Crippen molar-refractivity contribution in [1.29, 1.82) is 0 Å². The van der Waals surface area contributed by atoms with Gasteiger partial charge < -0.3 is 15.7 Å². The number of hydrogen-bond donors (Lipinski definition) is 3. The second-order valence-electron chi connectivity index (χ2n) is 7.23. The number of carboxylic acid groups (broad SMARTS) is 1. The Morgan fingerprint density at radius 3 is 2.64 bits per heavy atom. The first-order valence-electron chi connectivity index (χ1n) is 8.87. The topological polar surface area (TPSA) is 95.5 Å². The summed E-state index contributed by atoms with van der Waals surface area (Å²) in [6.45, 7) is 0.389. The van der Waals surface area contributed by atoms with Gasteiger partial charge in [0.2, 0.25) is 5.91 Å². The van der Waals surface area contributed by atoms with Gasteiger partial charge >= 0.3 is 5.97 Å². The van der Waals surface area contributed by atoms with Crippen molar-refractivity contribution in [3.05, 3.63) is 35.4 Å². The van der Waals surface area contributed by atoms with Gasteiger partial charge in [-0.05, 0) is 29.9 Å². The lowest BCUT2D eigenvalue weighted by Crippen LogP contribution is -2.41. The van der Waals surface area contributed by atoms with E-state index in [1.165, 1.54) is 0 Å². The molecule has 3 N–H and O–H groups in total. The number of carbonyl (C=O) groups excluding carboxylic acids is 2. The fourth-order valence-electron chi connectivity index (χ4n) is 4.06. The summed E-state index contributed by atoms with van der Waals surface area (Å²) in [5, 5.41) is 15.0. The van der Waals surface area contributed by atoms with Gasteiger partial charge in [0.1, 0.15) is 0 Å².